The molecule has 124 valence electrons. The zero-order valence-electron chi connectivity index (χ0n) is 14.3. The average Bonchev–Trinajstić information content (AvgIpc) is 2.95. The first kappa shape index (κ1) is 16.1. The molecule has 1 aromatic heterocycles. The highest BCUT2D eigenvalue weighted by Gasteiger charge is 2.33. The van der Waals surface area contributed by atoms with Crippen LogP contribution in [0, 0.1) is 5.92 Å². The highest BCUT2D eigenvalue weighted by Crippen LogP contribution is 2.40. The zero-order chi connectivity index (χ0) is 16.4. The van der Waals surface area contributed by atoms with Crippen molar-refractivity contribution in [2.24, 2.45) is 5.92 Å². The molecule has 4 heteroatoms. The third kappa shape index (κ3) is 3.00. The summed E-state index contributed by atoms with van der Waals surface area (Å²) >= 11 is 0. The van der Waals surface area contributed by atoms with Gasteiger partial charge in [-0.25, -0.2) is 0 Å². The standard InChI is InChI=1S/C19H26N2O2/c1-4-13(9-10-17(22)23-3)19-18-15(11-12-21(19)2)14-7-5-6-8-16(14)20-18/h5-8,13,19-20H,4,9-12H2,1-3H3. The van der Waals surface area contributed by atoms with E-state index in [4.69, 9.17) is 4.74 Å². The highest BCUT2D eigenvalue weighted by atomic mass is 16.5. The monoisotopic (exact) mass is 314 g/mol. The molecule has 0 aliphatic carbocycles. The molecule has 23 heavy (non-hydrogen) atoms. The Labute approximate surface area is 137 Å². The van der Waals surface area contributed by atoms with Gasteiger partial charge in [0, 0.05) is 29.6 Å². The Kier molecular flexibility index (Phi) is 4.71. The molecule has 0 saturated carbocycles. The molecule has 1 N–H and O–H groups in total. The Morgan fingerprint density at radius 1 is 1.43 bits per heavy atom. The van der Waals surface area contributed by atoms with E-state index in [1.165, 1.54) is 29.3 Å². The minimum Gasteiger partial charge on any atom is -0.469 e. The smallest absolute Gasteiger partial charge is 0.305 e. The van der Waals surface area contributed by atoms with Crippen LogP contribution in [0.15, 0.2) is 24.3 Å². The van der Waals surface area contributed by atoms with Crippen LogP contribution in [0.25, 0.3) is 10.9 Å². The number of carbonyl (C=O) groups excluding carboxylic acids is 1. The molecule has 0 fully saturated rings. The van der Waals surface area contributed by atoms with Crippen LogP contribution < -0.4 is 0 Å². The van der Waals surface area contributed by atoms with Gasteiger partial charge in [0.15, 0.2) is 0 Å². The molecule has 0 spiro atoms. The van der Waals surface area contributed by atoms with Crippen molar-refractivity contribution in [3.63, 3.8) is 0 Å². The van der Waals surface area contributed by atoms with E-state index in [9.17, 15) is 4.79 Å². The number of H-pyrrole nitrogens is 1. The third-order valence-electron chi connectivity index (χ3n) is 5.25. The number of fused-ring (bicyclic) bond motifs is 3. The number of nitrogens with zero attached hydrogens (tertiary/aromatic N) is 1. The maximum atomic E-state index is 11.5. The van der Waals surface area contributed by atoms with Gasteiger partial charge in [0.2, 0.25) is 0 Å². The predicted octanol–water partition coefficient (Wildman–Crippen LogP) is 3.68. The van der Waals surface area contributed by atoms with E-state index in [-0.39, 0.29) is 5.97 Å². The van der Waals surface area contributed by atoms with Crippen LogP contribution in [0.4, 0.5) is 0 Å². The van der Waals surface area contributed by atoms with Gasteiger partial charge in [0.1, 0.15) is 0 Å². The first-order valence-corrected chi connectivity index (χ1v) is 8.52. The molecule has 0 saturated heterocycles. The number of para-hydroxylation sites is 1. The quantitative estimate of drug-likeness (QED) is 0.856. The van der Waals surface area contributed by atoms with Crippen molar-refractivity contribution in [3.8, 4) is 0 Å². The van der Waals surface area contributed by atoms with Gasteiger partial charge < -0.3 is 9.72 Å². The number of aromatic amines is 1. The molecule has 2 unspecified atom stereocenters. The van der Waals surface area contributed by atoms with Crippen LogP contribution in [-0.4, -0.2) is 36.6 Å². The normalized spacial score (nSPS) is 19.5. The number of ether oxygens (including phenoxy) is 1. The second kappa shape index (κ2) is 6.75. The molecule has 4 nitrogen and oxygen atoms in total. The lowest BCUT2D eigenvalue weighted by Gasteiger charge is -2.38. The first-order chi connectivity index (χ1) is 11.2. The SMILES string of the molecule is CCC(CCC(=O)OC)C1c2[nH]c3ccccc3c2CCN1C. The van der Waals surface area contributed by atoms with Gasteiger partial charge in [-0.1, -0.05) is 31.5 Å². The summed E-state index contributed by atoms with van der Waals surface area (Å²) in [6, 6.07) is 8.90. The maximum Gasteiger partial charge on any atom is 0.305 e. The third-order valence-corrected chi connectivity index (χ3v) is 5.25. The first-order valence-electron chi connectivity index (χ1n) is 8.52. The van der Waals surface area contributed by atoms with Crippen LogP contribution in [0.2, 0.25) is 0 Å². The van der Waals surface area contributed by atoms with Gasteiger partial charge in [0.05, 0.1) is 13.2 Å². The number of nitrogens with one attached hydrogen (secondary N) is 1. The molecule has 1 aliphatic rings. The van der Waals surface area contributed by atoms with Crippen LogP contribution in [0.1, 0.15) is 43.5 Å². The molecular weight excluding hydrogens is 288 g/mol. The van der Waals surface area contributed by atoms with Crippen molar-refractivity contribution in [1.29, 1.82) is 0 Å². The van der Waals surface area contributed by atoms with E-state index in [0.717, 1.165) is 25.8 Å². The lowest BCUT2D eigenvalue weighted by atomic mass is 9.84. The number of rotatable bonds is 5. The molecule has 2 aromatic rings. The topological polar surface area (TPSA) is 45.3 Å². The van der Waals surface area contributed by atoms with Gasteiger partial charge in [-0.2, -0.15) is 0 Å². The number of esters is 1. The summed E-state index contributed by atoms with van der Waals surface area (Å²) in [5.74, 6) is 0.338. The summed E-state index contributed by atoms with van der Waals surface area (Å²) < 4.78 is 4.82. The van der Waals surface area contributed by atoms with Crippen molar-refractivity contribution >= 4 is 16.9 Å². The minimum atomic E-state index is -0.112. The number of benzene rings is 1. The second-order valence-electron chi connectivity index (χ2n) is 6.52. The number of hydrogen-bond acceptors (Lipinski definition) is 3. The van der Waals surface area contributed by atoms with Crippen molar-refractivity contribution in [1.82, 2.24) is 9.88 Å². The van der Waals surface area contributed by atoms with E-state index >= 15 is 0 Å². The van der Waals surface area contributed by atoms with Crippen LogP contribution in [0.5, 0.6) is 0 Å². The fourth-order valence-electron chi connectivity index (χ4n) is 3.98. The Bertz CT molecular complexity index is 692. The largest absolute Gasteiger partial charge is 0.469 e. The fraction of sp³-hybridized carbons (Fsp3) is 0.526. The van der Waals surface area contributed by atoms with Gasteiger partial charge in [-0.05, 0) is 37.4 Å². The van der Waals surface area contributed by atoms with Crippen molar-refractivity contribution in [3.05, 3.63) is 35.5 Å². The summed E-state index contributed by atoms with van der Waals surface area (Å²) in [6.45, 7) is 3.28. The Morgan fingerprint density at radius 2 is 2.22 bits per heavy atom. The summed E-state index contributed by atoms with van der Waals surface area (Å²) in [5, 5.41) is 1.35. The van der Waals surface area contributed by atoms with Crippen LogP contribution in [-0.2, 0) is 16.0 Å². The van der Waals surface area contributed by atoms with Crippen molar-refractivity contribution in [2.45, 2.75) is 38.6 Å². The number of carbonyl (C=O) groups is 1. The second-order valence-corrected chi connectivity index (χ2v) is 6.52. The van der Waals surface area contributed by atoms with Gasteiger partial charge >= 0.3 is 5.97 Å². The van der Waals surface area contributed by atoms with Crippen LogP contribution in [0.3, 0.4) is 0 Å². The Hall–Kier alpha value is -1.81. The molecule has 0 radical (unpaired) electrons. The number of aromatic nitrogens is 1. The summed E-state index contributed by atoms with van der Waals surface area (Å²) in [4.78, 5) is 17.6. The zero-order valence-corrected chi connectivity index (χ0v) is 14.3. The molecular formula is C19H26N2O2. The van der Waals surface area contributed by atoms with Crippen molar-refractivity contribution < 1.29 is 9.53 Å². The van der Waals surface area contributed by atoms with E-state index in [1.54, 1.807) is 0 Å². The molecule has 1 aliphatic heterocycles. The Morgan fingerprint density at radius 3 is 2.96 bits per heavy atom. The molecule has 3 rings (SSSR count). The molecule has 2 atom stereocenters. The van der Waals surface area contributed by atoms with E-state index in [2.05, 4.69) is 48.1 Å². The molecule has 0 amide bonds. The van der Waals surface area contributed by atoms with Crippen LogP contribution >= 0.6 is 0 Å². The van der Waals surface area contributed by atoms with E-state index in [1.807, 2.05) is 0 Å². The van der Waals surface area contributed by atoms with Gasteiger partial charge in [-0.15, -0.1) is 0 Å². The lowest BCUT2D eigenvalue weighted by Crippen LogP contribution is -2.36. The van der Waals surface area contributed by atoms with E-state index in [0.29, 0.717) is 18.4 Å². The van der Waals surface area contributed by atoms with Crippen molar-refractivity contribution in [2.75, 3.05) is 20.7 Å². The number of likely N-dealkylation sites (N-methyl/N-ethyl adjacent to an activating group) is 1. The number of methoxy groups -OCH3 is 1. The van der Waals surface area contributed by atoms with Gasteiger partial charge in [0.25, 0.3) is 0 Å². The summed E-state index contributed by atoms with van der Waals surface area (Å²) in [6.07, 6.45) is 3.50. The molecule has 0 bridgehead atoms. The highest BCUT2D eigenvalue weighted by molar-refractivity contribution is 5.85. The molecule has 2 heterocycles. The Balaban J connectivity index is 1.93. The lowest BCUT2D eigenvalue weighted by molar-refractivity contribution is -0.141. The average molecular weight is 314 g/mol. The summed E-state index contributed by atoms with van der Waals surface area (Å²) in [5.41, 5.74) is 4.03. The fourth-order valence-corrected chi connectivity index (χ4v) is 3.98. The minimum absolute atomic E-state index is 0.112. The van der Waals surface area contributed by atoms with E-state index < -0.39 is 0 Å². The summed E-state index contributed by atoms with van der Waals surface area (Å²) in [7, 11) is 3.66. The maximum absolute atomic E-state index is 11.5. The van der Waals surface area contributed by atoms with Gasteiger partial charge in [-0.3, -0.25) is 9.69 Å². The molecule has 1 aromatic carbocycles. The predicted molar refractivity (Wildman–Crippen MR) is 92.4 cm³/mol. The number of hydrogen-bond donors (Lipinski definition) is 1.